The van der Waals surface area contributed by atoms with Crippen molar-refractivity contribution < 1.29 is 0 Å². The summed E-state index contributed by atoms with van der Waals surface area (Å²) >= 11 is 3.33. The third-order valence-corrected chi connectivity index (χ3v) is 2.77. The van der Waals surface area contributed by atoms with Crippen LogP contribution in [0.5, 0.6) is 0 Å². The summed E-state index contributed by atoms with van der Waals surface area (Å²) in [7, 11) is 0. The van der Waals surface area contributed by atoms with Crippen molar-refractivity contribution in [2.45, 2.75) is 13.0 Å². The van der Waals surface area contributed by atoms with Gasteiger partial charge in [-0.25, -0.2) is 9.97 Å². The third kappa shape index (κ3) is 3.73. The number of halogens is 3. The van der Waals surface area contributed by atoms with E-state index in [1.807, 2.05) is 0 Å². The topological polar surface area (TPSA) is 41.0 Å². The zero-order valence-corrected chi connectivity index (χ0v) is 12.1. The average molecular weight is 330 g/mol. The van der Waals surface area contributed by atoms with E-state index in [9.17, 15) is 0 Å². The van der Waals surface area contributed by atoms with Crippen LogP contribution in [-0.2, 0) is 0 Å². The molecule has 1 aliphatic heterocycles. The number of hydrogen-bond donors (Lipinski definition) is 1. The quantitative estimate of drug-likeness (QED) is 0.854. The fourth-order valence-electron chi connectivity index (χ4n) is 1.59. The number of nitrogens with zero attached hydrogens (tertiary/aromatic N) is 3. The molecule has 2 heterocycles. The number of rotatable bonds is 1. The Bertz CT molecular complexity index is 309. The van der Waals surface area contributed by atoms with Crippen LogP contribution in [0, 0.1) is 0 Å². The minimum absolute atomic E-state index is 0. The van der Waals surface area contributed by atoms with Crippen LogP contribution in [0.25, 0.3) is 0 Å². The van der Waals surface area contributed by atoms with Crippen molar-refractivity contribution in [1.82, 2.24) is 15.3 Å². The lowest BCUT2D eigenvalue weighted by molar-refractivity contribution is 0.493. The Hall–Kier alpha value is -0.100. The monoisotopic (exact) mass is 328 g/mol. The number of anilines is 1. The van der Waals surface area contributed by atoms with Crippen LogP contribution in [0.2, 0.25) is 0 Å². The van der Waals surface area contributed by atoms with Gasteiger partial charge in [0.15, 0.2) is 0 Å². The van der Waals surface area contributed by atoms with E-state index in [1.54, 1.807) is 12.4 Å². The molecule has 0 aromatic carbocycles. The molecule has 0 spiro atoms. The van der Waals surface area contributed by atoms with Crippen LogP contribution in [0.4, 0.5) is 5.95 Å². The number of hydrogen-bond acceptors (Lipinski definition) is 4. The number of piperazine rings is 1. The van der Waals surface area contributed by atoms with Gasteiger partial charge in [0.1, 0.15) is 0 Å². The summed E-state index contributed by atoms with van der Waals surface area (Å²) in [6, 6.07) is 0.463. The van der Waals surface area contributed by atoms with Crippen LogP contribution >= 0.6 is 40.7 Å². The summed E-state index contributed by atoms with van der Waals surface area (Å²) in [6.07, 6.45) is 3.58. The normalized spacial score (nSPS) is 19.6. The molecule has 16 heavy (non-hydrogen) atoms. The fourth-order valence-corrected chi connectivity index (χ4v) is 1.80. The Balaban J connectivity index is 0.00000112. The molecule has 0 amide bonds. The van der Waals surface area contributed by atoms with E-state index in [2.05, 4.69) is 43.0 Å². The van der Waals surface area contributed by atoms with Crippen LogP contribution in [0.3, 0.4) is 0 Å². The van der Waals surface area contributed by atoms with Crippen LogP contribution in [-0.4, -0.2) is 35.6 Å². The molecular weight excluding hydrogens is 315 g/mol. The standard InChI is InChI=1S/C9H13BrN4.2ClH/c1-7-4-11-2-3-14(7)9-12-5-8(10)6-13-9;;/h5-7,11H,2-4H2,1H3;2*1H/t7-;;/m1../s1. The Kier molecular flexibility index (Phi) is 7.22. The fraction of sp³-hybridized carbons (Fsp3) is 0.556. The first-order valence-corrected chi connectivity index (χ1v) is 5.51. The van der Waals surface area contributed by atoms with Gasteiger partial charge in [0, 0.05) is 38.1 Å². The zero-order valence-electron chi connectivity index (χ0n) is 8.89. The summed E-state index contributed by atoms with van der Waals surface area (Å²) < 4.78 is 0.920. The highest BCUT2D eigenvalue weighted by molar-refractivity contribution is 9.10. The lowest BCUT2D eigenvalue weighted by Crippen LogP contribution is -2.50. The summed E-state index contributed by atoms with van der Waals surface area (Å²) in [4.78, 5) is 10.8. The van der Waals surface area contributed by atoms with Crippen LogP contribution in [0.1, 0.15) is 6.92 Å². The maximum Gasteiger partial charge on any atom is 0.225 e. The molecule has 1 atom stereocenters. The molecular formula is C9H15BrCl2N4. The molecule has 0 saturated carbocycles. The molecule has 1 N–H and O–H groups in total. The molecule has 4 nitrogen and oxygen atoms in total. The first-order valence-electron chi connectivity index (χ1n) is 4.72. The number of nitrogens with one attached hydrogen (secondary N) is 1. The van der Waals surface area contributed by atoms with Gasteiger partial charge in [-0.1, -0.05) is 0 Å². The van der Waals surface area contributed by atoms with E-state index in [1.165, 1.54) is 0 Å². The molecule has 1 fully saturated rings. The summed E-state index contributed by atoms with van der Waals surface area (Å²) in [5, 5.41) is 3.34. The Morgan fingerprint density at radius 2 is 2.00 bits per heavy atom. The lowest BCUT2D eigenvalue weighted by atomic mass is 10.2. The molecule has 0 bridgehead atoms. The summed E-state index contributed by atoms with van der Waals surface area (Å²) in [6.45, 7) is 5.16. The Morgan fingerprint density at radius 3 is 2.56 bits per heavy atom. The van der Waals surface area contributed by atoms with Gasteiger partial charge in [0.2, 0.25) is 5.95 Å². The predicted octanol–water partition coefficient (Wildman–Crippen LogP) is 1.88. The molecule has 0 aliphatic carbocycles. The molecule has 2 rings (SSSR count). The molecule has 92 valence electrons. The predicted molar refractivity (Wildman–Crippen MR) is 73.9 cm³/mol. The highest BCUT2D eigenvalue weighted by atomic mass is 79.9. The Morgan fingerprint density at radius 1 is 1.38 bits per heavy atom. The highest BCUT2D eigenvalue weighted by Crippen LogP contribution is 2.14. The average Bonchev–Trinajstić information content (AvgIpc) is 2.20. The maximum absolute atomic E-state index is 4.29. The van der Waals surface area contributed by atoms with Gasteiger partial charge in [-0.3, -0.25) is 0 Å². The van der Waals surface area contributed by atoms with E-state index in [0.717, 1.165) is 30.1 Å². The second-order valence-corrected chi connectivity index (χ2v) is 4.36. The summed E-state index contributed by atoms with van der Waals surface area (Å²) in [5.41, 5.74) is 0. The highest BCUT2D eigenvalue weighted by Gasteiger charge is 2.19. The van der Waals surface area contributed by atoms with Gasteiger partial charge < -0.3 is 10.2 Å². The van der Waals surface area contributed by atoms with Gasteiger partial charge in [-0.2, -0.15) is 0 Å². The van der Waals surface area contributed by atoms with E-state index in [0.29, 0.717) is 6.04 Å². The molecule has 0 radical (unpaired) electrons. The van der Waals surface area contributed by atoms with Crippen LogP contribution in [0.15, 0.2) is 16.9 Å². The van der Waals surface area contributed by atoms with E-state index in [4.69, 9.17) is 0 Å². The first-order chi connectivity index (χ1) is 6.77. The van der Waals surface area contributed by atoms with Crippen molar-refractivity contribution >= 4 is 46.7 Å². The molecule has 1 aromatic rings. The van der Waals surface area contributed by atoms with E-state index >= 15 is 0 Å². The number of aromatic nitrogens is 2. The minimum Gasteiger partial charge on any atom is -0.336 e. The second-order valence-electron chi connectivity index (χ2n) is 3.45. The van der Waals surface area contributed by atoms with E-state index in [-0.39, 0.29) is 24.8 Å². The molecule has 1 saturated heterocycles. The smallest absolute Gasteiger partial charge is 0.225 e. The van der Waals surface area contributed by atoms with Crippen molar-refractivity contribution in [1.29, 1.82) is 0 Å². The van der Waals surface area contributed by atoms with E-state index < -0.39 is 0 Å². The van der Waals surface area contributed by atoms with Gasteiger partial charge >= 0.3 is 0 Å². The van der Waals surface area contributed by atoms with Crippen molar-refractivity contribution in [3.8, 4) is 0 Å². The Labute approximate surface area is 116 Å². The van der Waals surface area contributed by atoms with Crippen molar-refractivity contribution in [3.63, 3.8) is 0 Å². The largest absolute Gasteiger partial charge is 0.336 e. The van der Waals surface area contributed by atoms with Crippen LogP contribution < -0.4 is 10.2 Å². The first kappa shape index (κ1) is 15.9. The summed E-state index contributed by atoms with van der Waals surface area (Å²) in [5.74, 6) is 0.821. The second kappa shape index (κ2) is 7.27. The SMILES string of the molecule is C[C@@H]1CNCCN1c1ncc(Br)cn1.Cl.Cl. The van der Waals surface area contributed by atoms with Gasteiger partial charge in [-0.15, -0.1) is 24.8 Å². The third-order valence-electron chi connectivity index (χ3n) is 2.36. The van der Waals surface area contributed by atoms with Gasteiger partial charge in [0.05, 0.1) is 4.47 Å². The molecule has 1 aliphatic rings. The van der Waals surface area contributed by atoms with Crippen molar-refractivity contribution in [2.75, 3.05) is 24.5 Å². The van der Waals surface area contributed by atoms with Gasteiger partial charge in [-0.05, 0) is 22.9 Å². The molecule has 0 unspecified atom stereocenters. The lowest BCUT2D eigenvalue weighted by Gasteiger charge is -2.33. The minimum atomic E-state index is 0. The molecule has 1 aromatic heterocycles. The maximum atomic E-state index is 4.29. The molecule has 7 heteroatoms. The van der Waals surface area contributed by atoms with Crippen molar-refractivity contribution in [3.05, 3.63) is 16.9 Å². The van der Waals surface area contributed by atoms with Gasteiger partial charge in [0.25, 0.3) is 0 Å². The van der Waals surface area contributed by atoms with Crippen molar-refractivity contribution in [2.24, 2.45) is 0 Å². The zero-order chi connectivity index (χ0) is 9.97.